The van der Waals surface area contributed by atoms with Crippen molar-refractivity contribution in [1.29, 1.82) is 0 Å². The van der Waals surface area contributed by atoms with Crippen molar-refractivity contribution >= 4 is 52.0 Å². The predicted octanol–water partition coefficient (Wildman–Crippen LogP) is 3.00. The first-order valence-corrected chi connectivity index (χ1v) is 7.75. The fourth-order valence-electron chi connectivity index (χ4n) is 2.73. The molecular weight excluding hydrogens is 372 g/mol. The maximum Gasteiger partial charge on any atom is 0.164 e. The van der Waals surface area contributed by atoms with E-state index in [9.17, 15) is 19.4 Å². The van der Waals surface area contributed by atoms with E-state index in [1.165, 1.54) is 16.7 Å². The molecule has 1 aliphatic heterocycles. The minimum atomic E-state index is -1.42. The molecule has 1 aromatic carbocycles. The van der Waals surface area contributed by atoms with E-state index in [4.69, 9.17) is 39.5 Å². The molecule has 4 atom stereocenters. The molecule has 0 aliphatic carbocycles. The Morgan fingerprint density at radius 3 is 2.43 bits per heavy atom. The van der Waals surface area contributed by atoms with Crippen LogP contribution >= 0.6 is 34.8 Å². The number of alkyl halides is 1. The van der Waals surface area contributed by atoms with Crippen LogP contribution < -0.4 is 0 Å². The molecule has 1 saturated heterocycles. The molecule has 2 heterocycles. The second-order valence-electron chi connectivity index (χ2n) is 5.18. The van der Waals surface area contributed by atoms with Gasteiger partial charge in [0.15, 0.2) is 12.5 Å². The monoisotopic (exact) mass is 381 g/mol. The highest BCUT2D eigenvalue weighted by atomic mass is 35.5. The van der Waals surface area contributed by atoms with Gasteiger partial charge in [-0.25, -0.2) is 4.39 Å². The summed E-state index contributed by atoms with van der Waals surface area (Å²) in [5.41, 5.74) is 0.511. The second-order valence-corrected chi connectivity index (χ2v) is 6.35. The van der Waals surface area contributed by atoms with Crippen LogP contribution in [0.3, 0.4) is 0 Å². The van der Waals surface area contributed by atoms with Crippen molar-refractivity contribution in [1.82, 2.24) is 4.57 Å². The summed E-state index contributed by atoms with van der Waals surface area (Å²) in [6, 6.07) is 2.93. The van der Waals surface area contributed by atoms with E-state index in [2.05, 4.69) is 0 Å². The summed E-state index contributed by atoms with van der Waals surface area (Å²) in [5, 5.41) is 20.8. The van der Waals surface area contributed by atoms with E-state index in [-0.39, 0.29) is 20.8 Å². The van der Waals surface area contributed by atoms with Crippen LogP contribution in [-0.4, -0.2) is 46.1 Å². The zero-order valence-electron chi connectivity index (χ0n) is 11.4. The second kappa shape index (κ2) is 6.20. The lowest BCUT2D eigenvalue weighted by molar-refractivity contribution is -0.0402. The maximum absolute atomic E-state index is 12.9. The molecular formula is C14H11Cl3FNO4. The molecule has 3 rings (SSSR count). The Bertz CT molecular complexity index is 781. The Balaban J connectivity index is 2.24. The summed E-state index contributed by atoms with van der Waals surface area (Å²) in [4.78, 5) is 11.3. The first-order chi connectivity index (χ1) is 10.9. The summed E-state index contributed by atoms with van der Waals surface area (Å²) < 4.78 is 19.5. The van der Waals surface area contributed by atoms with Gasteiger partial charge in [-0.1, -0.05) is 34.8 Å². The smallest absolute Gasteiger partial charge is 0.164 e. The van der Waals surface area contributed by atoms with E-state index in [1.807, 2.05) is 0 Å². The number of aromatic nitrogens is 1. The Morgan fingerprint density at radius 2 is 1.87 bits per heavy atom. The molecule has 0 radical (unpaired) electrons. The van der Waals surface area contributed by atoms with E-state index < -0.39 is 31.2 Å². The van der Waals surface area contributed by atoms with Gasteiger partial charge < -0.3 is 19.5 Å². The van der Waals surface area contributed by atoms with Crippen molar-refractivity contribution < 1.29 is 24.1 Å². The lowest BCUT2D eigenvalue weighted by Gasteiger charge is -2.19. The number of ether oxygens (including phenoxy) is 1. The van der Waals surface area contributed by atoms with Gasteiger partial charge in [0, 0.05) is 5.39 Å². The highest BCUT2D eigenvalue weighted by Crippen LogP contribution is 2.40. The van der Waals surface area contributed by atoms with Gasteiger partial charge in [0.1, 0.15) is 30.1 Å². The molecule has 0 amide bonds. The quantitative estimate of drug-likeness (QED) is 0.801. The zero-order valence-corrected chi connectivity index (χ0v) is 13.7. The highest BCUT2D eigenvalue weighted by Gasteiger charge is 2.45. The Labute approximate surface area is 145 Å². The Kier molecular flexibility index (Phi) is 4.57. The number of halogens is 4. The SMILES string of the molecule is O=Cc1c(Cl)n([C@@H]2O[C@H](CF)C(O)C2O)c2cc(Cl)c(Cl)cc12. The average molecular weight is 383 g/mol. The largest absolute Gasteiger partial charge is 0.387 e. The van der Waals surface area contributed by atoms with Gasteiger partial charge in [-0.15, -0.1) is 0 Å². The molecule has 0 bridgehead atoms. The Morgan fingerprint density at radius 1 is 1.22 bits per heavy atom. The Hall–Kier alpha value is -0.890. The summed E-state index contributed by atoms with van der Waals surface area (Å²) in [6.45, 7) is -0.974. The third-order valence-corrected chi connectivity index (χ3v) is 4.99. The number of carbonyl (C=O) groups excluding carboxylic acids is 1. The number of carbonyl (C=O) groups is 1. The summed E-state index contributed by atoms with van der Waals surface area (Å²) in [6.07, 6.45) is -4.65. The molecule has 0 spiro atoms. The van der Waals surface area contributed by atoms with Crippen LogP contribution in [0.1, 0.15) is 16.6 Å². The van der Waals surface area contributed by atoms with Crippen LogP contribution in [0.15, 0.2) is 12.1 Å². The first-order valence-electron chi connectivity index (χ1n) is 6.61. The normalized spacial score (nSPS) is 27.7. The molecule has 0 saturated carbocycles. The molecule has 5 nitrogen and oxygen atoms in total. The van der Waals surface area contributed by atoms with Crippen LogP contribution in [0.2, 0.25) is 15.2 Å². The van der Waals surface area contributed by atoms with Crippen LogP contribution in [-0.2, 0) is 4.74 Å². The third kappa shape index (κ3) is 2.54. The van der Waals surface area contributed by atoms with E-state index >= 15 is 0 Å². The van der Waals surface area contributed by atoms with Crippen molar-refractivity contribution in [3.05, 3.63) is 32.9 Å². The summed E-state index contributed by atoms with van der Waals surface area (Å²) in [5.74, 6) is 0. The van der Waals surface area contributed by atoms with Gasteiger partial charge in [-0.2, -0.15) is 0 Å². The van der Waals surface area contributed by atoms with Crippen molar-refractivity contribution in [3.63, 3.8) is 0 Å². The highest BCUT2D eigenvalue weighted by molar-refractivity contribution is 6.43. The molecule has 2 unspecified atom stereocenters. The number of fused-ring (bicyclic) bond motifs is 1. The molecule has 1 fully saturated rings. The molecule has 1 aliphatic rings. The van der Waals surface area contributed by atoms with Gasteiger partial charge >= 0.3 is 0 Å². The van der Waals surface area contributed by atoms with E-state index in [1.54, 1.807) is 0 Å². The number of rotatable bonds is 3. The van der Waals surface area contributed by atoms with Crippen LogP contribution in [0.25, 0.3) is 10.9 Å². The number of hydrogen-bond donors (Lipinski definition) is 2. The molecule has 1 aromatic heterocycles. The van der Waals surface area contributed by atoms with Crippen LogP contribution in [0.4, 0.5) is 4.39 Å². The molecule has 23 heavy (non-hydrogen) atoms. The minimum Gasteiger partial charge on any atom is -0.387 e. The first kappa shape index (κ1) is 17.0. The third-order valence-electron chi connectivity index (χ3n) is 3.88. The molecule has 124 valence electrons. The fourth-order valence-corrected chi connectivity index (χ4v) is 3.38. The van der Waals surface area contributed by atoms with Gasteiger partial charge in [0.05, 0.1) is 21.1 Å². The molecule has 9 heteroatoms. The zero-order chi connectivity index (χ0) is 16.9. The average Bonchev–Trinajstić information content (AvgIpc) is 2.94. The number of aliphatic hydroxyl groups excluding tert-OH is 2. The van der Waals surface area contributed by atoms with Gasteiger partial charge in [-0.05, 0) is 12.1 Å². The van der Waals surface area contributed by atoms with Crippen LogP contribution in [0.5, 0.6) is 0 Å². The standard InChI is InChI=1S/C14H11Cl3FNO4/c15-7-1-5-6(4-20)13(17)19(9(5)2-8(7)16)14-12(22)11(21)10(3-18)23-14/h1-2,4,10-12,14,21-22H,3H2/t10-,11?,12?,14-/m1/s1. The maximum atomic E-state index is 12.9. The van der Waals surface area contributed by atoms with E-state index in [0.717, 1.165) is 0 Å². The lowest BCUT2D eigenvalue weighted by atomic mass is 10.1. The van der Waals surface area contributed by atoms with Gasteiger partial charge in [-0.3, -0.25) is 4.79 Å². The van der Waals surface area contributed by atoms with Crippen molar-refractivity contribution in [2.24, 2.45) is 0 Å². The van der Waals surface area contributed by atoms with Crippen molar-refractivity contribution in [3.8, 4) is 0 Å². The summed E-state index contributed by atoms with van der Waals surface area (Å²) >= 11 is 18.2. The summed E-state index contributed by atoms with van der Waals surface area (Å²) in [7, 11) is 0. The predicted molar refractivity (Wildman–Crippen MR) is 84.3 cm³/mol. The molecule has 2 aromatic rings. The fraction of sp³-hybridized carbons (Fsp3) is 0.357. The lowest BCUT2D eigenvalue weighted by Crippen LogP contribution is -2.32. The number of aliphatic hydroxyl groups is 2. The topological polar surface area (TPSA) is 71.7 Å². The molecule has 2 N–H and O–H groups in total. The van der Waals surface area contributed by atoms with Crippen LogP contribution in [0, 0.1) is 0 Å². The van der Waals surface area contributed by atoms with Crippen molar-refractivity contribution in [2.45, 2.75) is 24.5 Å². The van der Waals surface area contributed by atoms with Gasteiger partial charge in [0.2, 0.25) is 0 Å². The number of benzene rings is 1. The number of hydrogen-bond acceptors (Lipinski definition) is 4. The van der Waals surface area contributed by atoms with E-state index in [0.29, 0.717) is 17.2 Å². The van der Waals surface area contributed by atoms with Gasteiger partial charge in [0.25, 0.3) is 0 Å². The van der Waals surface area contributed by atoms with Crippen molar-refractivity contribution in [2.75, 3.05) is 6.67 Å². The number of aldehydes is 1. The number of nitrogens with zero attached hydrogens (tertiary/aromatic N) is 1. The minimum absolute atomic E-state index is 0.0240.